The molecule has 0 fully saturated rings. The highest BCUT2D eigenvalue weighted by Gasteiger charge is 2.12. The number of methoxy groups -OCH3 is 1. The van der Waals surface area contributed by atoms with Crippen LogP contribution >= 0.6 is 0 Å². The van der Waals surface area contributed by atoms with Gasteiger partial charge in [-0.25, -0.2) is 0 Å². The maximum absolute atomic E-state index is 10.3. The standard InChI is InChI=1S/C19H27NO4/c1-13(9-16-5-7-18(22)8-6-16)20-12-19(23)17(10-14(2)21)11-15(3)24-4/h5-8,10-11,13,19-23H,3,9,12H2,1-2,4H3/b14-10+,17-11+. The molecule has 0 radical (unpaired) electrons. The molecule has 0 spiro atoms. The van der Waals surface area contributed by atoms with Crippen LogP contribution in [0.2, 0.25) is 0 Å². The predicted molar refractivity (Wildman–Crippen MR) is 95.9 cm³/mol. The molecule has 0 aromatic heterocycles. The number of hydrogen-bond acceptors (Lipinski definition) is 5. The molecular formula is C19H27NO4. The van der Waals surface area contributed by atoms with Gasteiger partial charge >= 0.3 is 0 Å². The Morgan fingerprint density at radius 3 is 2.46 bits per heavy atom. The lowest BCUT2D eigenvalue weighted by Crippen LogP contribution is -2.35. The van der Waals surface area contributed by atoms with Crippen molar-refractivity contribution in [2.24, 2.45) is 0 Å². The van der Waals surface area contributed by atoms with E-state index in [1.807, 2.05) is 19.1 Å². The van der Waals surface area contributed by atoms with Crippen LogP contribution < -0.4 is 5.32 Å². The third kappa shape index (κ3) is 7.35. The lowest BCUT2D eigenvalue weighted by molar-refractivity contribution is 0.203. The van der Waals surface area contributed by atoms with Gasteiger partial charge < -0.3 is 25.4 Å². The third-order valence-electron chi connectivity index (χ3n) is 3.49. The van der Waals surface area contributed by atoms with E-state index in [0.29, 0.717) is 17.9 Å². The molecule has 0 heterocycles. The van der Waals surface area contributed by atoms with Crippen LogP contribution in [0, 0.1) is 0 Å². The summed E-state index contributed by atoms with van der Waals surface area (Å²) in [7, 11) is 1.50. The van der Waals surface area contributed by atoms with Crippen LogP contribution in [0.3, 0.4) is 0 Å². The van der Waals surface area contributed by atoms with Crippen molar-refractivity contribution >= 4 is 0 Å². The summed E-state index contributed by atoms with van der Waals surface area (Å²) in [5.41, 5.74) is 1.61. The second kappa shape index (κ2) is 9.80. The van der Waals surface area contributed by atoms with Crippen molar-refractivity contribution in [2.75, 3.05) is 13.7 Å². The summed E-state index contributed by atoms with van der Waals surface area (Å²) in [5, 5.41) is 32.3. The Balaban J connectivity index is 2.62. The normalized spacial score (nSPS) is 15.0. The number of phenolic OH excluding ortho intramolecular Hbond substituents is 1. The van der Waals surface area contributed by atoms with Crippen molar-refractivity contribution < 1.29 is 20.1 Å². The molecule has 5 heteroatoms. The number of aliphatic hydroxyl groups excluding tert-OH is 2. The van der Waals surface area contributed by atoms with Crippen LogP contribution in [0.15, 0.2) is 60.1 Å². The average molecular weight is 333 g/mol. The molecule has 4 N–H and O–H groups in total. The van der Waals surface area contributed by atoms with Crippen molar-refractivity contribution in [2.45, 2.75) is 32.4 Å². The lowest BCUT2D eigenvalue weighted by atomic mass is 10.0. The maximum atomic E-state index is 10.3. The minimum Gasteiger partial charge on any atom is -0.513 e. The van der Waals surface area contributed by atoms with E-state index in [1.54, 1.807) is 18.2 Å². The summed E-state index contributed by atoms with van der Waals surface area (Å²) in [5.74, 6) is 0.745. The Labute approximate surface area is 143 Å². The zero-order chi connectivity index (χ0) is 18.1. The number of phenols is 1. The van der Waals surface area contributed by atoms with Crippen molar-refractivity contribution in [1.82, 2.24) is 5.32 Å². The number of hydrogen-bond donors (Lipinski definition) is 4. The fourth-order valence-corrected chi connectivity index (χ4v) is 2.21. The van der Waals surface area contributed by atoms with Crippen LogP contribution in [0.25, 0.3) is 0 Å². The van der Waals surface area contributed by atoms with Crippen LogP contribution in [-0.2, 0) is 11.2 Å². The molecule has 0 aliphatic carbocycles. The van der Waals surface area contributed by atoms with Gasteiger partial charge in [0.15, 0.2) is 0 Å². The largest absolute Gasteiger partial charge is 0.513 e. The number of benzene rings is 1. The Bertz CT molecular complexity index is 586. The first kappa shape index (κ1) is 19.8. The Morgan fingerprint density at radius 2 is 1.92 bits per heavy atom. The van der Waals surface area contributed by atoms with Crippen molar-refractivity contribution in [3.05, 3.63) is 65.7 Å². The van der Waals surface area contributed by atoms with Gasteiger partial charge in [-0.15, -0.1) is 0 Å². The maximum Gasteiger partial charge on any atom is 0.115 e. The van der Waals surface area contributed by atoms with Crippen LogP contribution in [0.5, 0.6) is 5.75 Å². The third-order valence-corrected chi connectivity index (χ3v) is 3.49. The van der Waals surface area contributed by atoms with Crippen molar-refractivity contribution in [3.63, 3.8) is 0 Å². The molecule has 0 saturated heterocycles. The van der Waals surface area contributed by atoms with Gasteiger partial charge in [0, 0.05) is 12.6 Å². The van der Waals surface area contributed by atoms with Gasteiger partial charge in [0.05, 0.1) is 19.0 Å². The first-order valence-electron chi connectivity index (χ1n) is 7.83. The van der Waals surface area contributed by atoms with E-state index in [1.165, 1.54) is 20.1 Å². The van der Waals surface area contributed by atoms with Gasteiger partial charge in [-0.3, -0.25) is 0 Å². The molecule has 1 aromatic rings. The van der Waals surface area contributed by atoms with Crippen LogP contribution in [0.4, 0.5) is 0 Å². The Hall–Kier alpha value is -2.24. The highest BCUT2D eigenvalue weighted by atomic mass is 16.5. The summed E-state index contributed by atoms with van der Waals surface area (Å²) in [6.07, 6.45) is 3.05. The molecule has 2 unspecified atom stereocenters. The average Bonchev–Trinajstić information content (AvgIpc) is 2.53. The second-order valence-corrected chi connectivity index (χ2v) is 5.80. The molecular weight excluding hydrogens is 306 g/mol. The van der Waals surface area contributed by atoms with Gasteiger partial charge in [0.25, 0.3) is 0 Å². The number of aromatic hydroxyl groups is 1. The van der Waals surface area contributed by atoms with E-state index in [-0.39, 0.29) is 17.6 Å². The first-order chi connectivity index (χ1) is 11.3. The Kier molecular flexibility index (Phi) is 8.09. The fourth-order valence-electron chi connectivity index (χ4n) is 2.21. The van der Waals surface area contributed by atoms with E-state index in [9.17, 15) is 15.3 Å². The number of rotatable bonds is 9. The SMILES string of the molecule is C=C(/C=C(\C=C(/C)O)C(O)CNC(C)Cc1ccc(O)cc1)OC. The monoisotopic (exact) mass is 333 g/mol. The molecule has 1 rings (SSSR count). The molecule has 132 valence electrons. The second-order valence-electron chi connectivity index (χ2n) is 5.80. The van der Waals surface area contributed by atoms with Crippen molar-refractivity contribution in [1.29, 1.82) is 0 Å². The number of allylic oxidation sites excluding steroid dienone is 2. The topological polar surface area (TPSA) is 82.0 Å². The first-order valence-corrected chi connectivity index (χ1v) is 7.83. The zero-order valence-corrected chi connectivity index (χ0v) is 14.5. The van der Waals surface area contributed by atoms with E-state index in [4.69, 9.17) is 4.74 Å². The van der Waals surface area contributed by atoms with E-state index in [2.05, 4.69) is 11.9 Å². The van der Waals surface area contributed by atoms with Gasteiger partial charge in [0.1, 0.15) is 11.5 Å². The van der Waals surface area contributed by atoms with E-state index < -0.39 is 6.10 Å². The predicted octanol–water partition coefficient (Wildman–Crippen LogP) is 2.82. The molecule has 0 bridgehead atoms. The number of nitrogens with one attached hydrogen (secondary N) is 1. The number of aliphatic hydroxyl groups is 2. The van der Waals surface area contributed by atoms with Gasteiger partial charge in [-0.2, -0.15) is 0 Å². The molecule has 5 nitrogen and oxygen atoms in total. The molecule has 0 aliphatic rings. The summed E-state index contributed by atoms with van der Waals surface area (Å²) in [6.45, 7) is 7.58. The molecule has 24 heavy (non-hydrogen) atoms. The summed E-state index contributed by atoms with van der Waals surface area (Å²) < 4.78 is 4.99. The smallest absolute Gasteiger partial charge is 0.115 e. The quantitative estimate of drug-likeness (QED) is 0.413. The summed E-state index contributed by atoms with van der Waals surface area (Å²) >= 11 is 0. The minimum atomic E-state index is -0.804. The fraction of sp³-hybridized carbons (Fsp3) is 0.368. The van der Waals surface area contributed by atoms with Gasteiger partial charge in [0.2, 0.25) is 0 Å². The van der Waals surface area contributed by atoms with E-state index >= 15 is 0 Å². The molecule has 0 aliphatic heterocycles. The van der Waals surface area contributed by atoms with Crippen LogP contribution in [0.1, 0.15) is 19.4 Å². The minimum absolute atomic E-state index is 0.0985. The summed E-state index contributed by atoms with van der Waals surface area (Å²) in [4.78, 5) is 0. The molecule has 1 aromatic carbocycles. The summed E-state index contributed by atoms with van der Waals surface area (Å²) in [6, 6.07) is 7.19. The highest BCUT2D eigenvalue weighted by Crippen LogP contribution is 2.13. The van der Waals surface area contributed by atoms with Crippen molar-refractivity contribution in [3.8, 4) is 5.75 Å². The van der Waals surface area contributed by atoms with E-state index in [0.717, 1.165) is 12.0 Å². The molecule has 0 saturated carbocycles. The van der Waals surface area contributed by atoms with Gasteiger partial charge in [-0.1, -0.05) is 18.7 Å². The lowest BCUT2D eigenvalue weighted by Gasteiger charge is -2.18. The van der Waals surface area contributed by atoms with Crippen LogP contribution in [-0.4, -0.2) is 41.1 Å². The highest BCUT2D eigenvalue weighted by molar-refractivity contribution is 5.30. The van der Waals surface area contributed by atoms with Gasteiger partial charge in [-0.05, 0) is 55.7 Å². The molecule has 2 atom stereocenters. The zero-order valence-electron chi connectivity index (χ0n) is 14.5. The number of ether oxygens (including phenoxy) is 1. The Morgan fingerprint density at radius 1 is 1.29 bits per heavy atom. The molecule has 0 amide bonds.